The standard InChI is InChI=1S/C12H18N2O2/c1-9-3-5-14(7-12(9)16)11-2-4-13-10(6-11)8-15/h2,4,6,9,12,15-16H,3,5,7-8H2,1H3. The van der Waals surface area contributed by atoms with E-state index in [-0.39, 0.29) is 12.7 Å². The van der Waals surface area contributed by atoms with Crippen LogP contribution in [0.3, 0.4) is 0 Å². The van der Waals surface area contributed by atoms with Gasteiger partial charge in [-0.1, -0.05) is 6.92 Å². The lowest BCUT2D eigenvalue weighted by atomic mass is 9.96. The van der Waals surface area contributed by atoms with Gasteiger partial charge in [0.25, 0.3) is 0 Å². The molecule has 2 unspecified atom stereocenters. The Morgan fingerprint density at radius 2 is 2.38 bits per heavy atom. The van der Waals surface area contributed by atoms with Gasteiger partial charge in [-0.15, -0.1) is 0 Å². The Hall–Kier alpha value is -1.13. The molecule has 0 bridgehead atoms. The molecule has 1 aliphatic rings. The summed E-state index contributed by atoms with van der Waals surface area (Å²) in [7, 11) is 0. The minimum Gasteiger partial charge on any atom is -0.391 e. The number of anilines is 1. The highest BCUT2D eigenvalue weighted by Gasteiger charge is 2.24. The second-order valence-electron chi connectivity index (χ2n) is 4.44. The molecule has 4 nitrogen and oxygen atoms in total. The Kier molecular flexibility index (Phi) is 3.41. The zero-order valence-corrected chi connectivity index (χ0v) is 9.50. The van der Waals surface area contributed by atoms with Gasteiger partial charge in [-0.25, -0.2) is 0 Å². The lowest BCUT2D eigenvalue weighted by molar-refractivity contribution is 0.103. The highest BCUT2D eigenvalue weighted by Crippen LogP contribution is 2.23. The highest BCUT2D eigenvalue weighted by atomic mass is 16.3. The molecule has 4 heteroatoms. The largest absolute Gasteiger partial charge is 0.391 e. The summed E-state index contributed by atoms with van der Waals surface area (Å²) in [6.07, 6.45) is 2.43. The van der Waals surface area contributed by atoms with Crippen molar-refractivity contribution in [1.82, 2.24) is 4.98 Å². The van der Waals surface area contributed by atoms with Crippen molar-refractivity contribution >= 4 is 5.69 Å². The van der Waals surface area contributed by atoms with Crippen molar-refractivity contribution in [3.63, 3.8) is 0 Å². The van der Waals surface area contributed by atoms with E-state index in [0.29, 0.717) is 18.2 Å². The van der Waals surface area contributed by atoms with E-state index in [2.05, 4.69) is 16.8 Å². The molecule has 0 aromatic carbocycles. The average Bonchev–Trinajstić information content (AvgIpc) is 2.33. The van der Waals surface area contributed by atoms with Crippen molar-refractivity contribution in [2.75, 3.05) is 18.0 Å². The zero-order chi connectivity index (χ0) is 11.5. The number of hydrogen-bond acceptors (Lipinski definition) is 4. The molecule has 0 spiro atoms. The molecule has 2 rings (SSSR count). The van der Waals surface area contributed by atoms with Gasteiger partial charge in [0.1, 0.15) is 0 Å². The molecule has 0 amide bonds. The van der Waals surface area contributed by atoms with Gasteiger partial charge < -0.3 is 15.1 Å². The summed E-state index contributed by atoms with van der Waals surface area (Å²) in [6.45, 7) is 3.65. The zero-order valence-electron chi connectivity index (χ0n) is 9.50. The third-order valence-electron chi connectivity index (χ3n) is 3.25. The Balaban J connectivity index is 2.12. The molecule has 1 aromatic heterocycles. The van der Waals surface area contributed by atoms with Gasteiger partial charge in [0.15, 0.2) is 0 Å². The summed E-state index contributed by atoms with van der Waals surface area (Å²) in [4.78, 5) is 6.19. The Morgan fingerprint density at radius 3 is 3.06 bits per heavy atom. The van der Waals surface area contributed by atoms with E-state index in [4.69, 9.17) is 5.11 Å². The molecule has 1 saturated heterocycles. The molecule has 0 aliphatic carbocycles. The number of rotatable bonds is 2. The van der Waals surface area contributed by atoms with Crippen LogP contribution in [0.2, 0.25) is 0 Å². The van der Waals surface area contributed by atoms with Crippen LogP contribution in [0.1, 0.15) is 19.0 Å². The van der Waals surface area contributed by atoms with Crippen LogP contribution in [0.25, 0.3) is 0 Å². The molecule has 2 N–H and O–H groups in total. The van der Waals surface area contributed by atoms with Gasteiger partial charge in [-0.3, -0.25) is 4.98 Å². The minimum absolute atomic E-state index is 0.0410. The van der Waals surface area contributed by atoms with E-state index in [0.717, 1.165) is 18.7 Å². The van der Waals surface area contributed by atoms with Crippen molar-refractivity contribution < 1.29 is 10.2 Å². The maximum Gasteiger partial charge on any atom is 0.0853 e. The topological polar surface area (TPSA) is 56.6 Å². The SMILES string of the molecule is CC1CCN(c2ccnc(CO)c2)CC1O. The Labute approximate surface area is 95.5 Å². The monoisotopic (exact) mass is 222 g/mol. The summed E-state index contributed by atoms with van der Waals surface area (Å²) in [5.41, 5.74) is 1.70. The highest BCUT2D eigenvalue weighted by molar-refractivity contribution is 5.47. The average molecular weight is 222 g/mol. The third-order valence-corrected chi connectivity index (χ3v) is 3.25. The first-order valence-electron chi connectivity index (χ1n) is 5.69. The van der Waals surface area contributed by atoms with Crippen LogP contribution in [-0.4, -0.2) is 34.4 Å². The minimum atomic E-state index is -0.264. The van der Waals surface area contributed by atoms with Crippen LogP contribution in [0.15, 0.2) is 18.3 Å². The van der Waals surface area contributed by atoms with Crippen LogP contribution >= 0.6 is 0 Å². The van der Waals surface area contributed by atoms with Crippen molar-refractivity contribution in [3.8, 4) is 0 Å². The Bertz CT molecular complexity index is 357. The quantitative estimate of drug-likeness (QED) is 0.776. The van der Waals surface area contributed by atoms with Crippen LogP contribution < -0.4 is 4.90 Å². The lowest BCUT2D eigenvalue weighted by Gasteiger charge is -2.35. The molecule has 1 aliphatic heterocycles. The third kappa shape index (κ3) is 2.33. The van der Waals surface area contributed by atoms with Gasteiger partial charge in [-0.2, -0.15) is 0 Å². The van der Waals surface area contributed by atoms with Crippen molar-refractivity contribution in [1.29, 1.82) is 0 Å². The predicted octanol–water partition coefficient (Wildman–Crippen LogP) is 0.781. The molecular formula is C12H18N2O2. The first kappa shape index (κ1) is 11.4. The van der Waals surface area contributed by atoms with Crippen molar-refractivity contribution in [2.45, 2.75) is 26.1 Å². The summed E-state index contributed by atoms with van der Waals surface area (Å²) < 4.78 is 0. The fourth-order valence-electron chi connectivity index (χ4n) is 2.03. The van der Waals surface area contributed by atoms with E-state index in [1.54, 1.807) is 6.20 Å². The van der Waals surface area contributed by atoms with E-state index in [1.807, 2.05) is 12.1 Å². The molecular weight excluding hydrogens is 204 g/mol. The number of aliphatic hydroxyl groups is 2. The van der Waals surface area contributed by atoms with Crippen LogP contribution in [-0.2, 0) is 6.61 Å². The van der Waals surface area contributed by atoms with Gasteiger partial charge in [-0.05, 0) is 24.5 Å². The molecule has 1 aromatic rings. The number of piperidine rings is 1. The first-order valence-corrected chi connectivity index (χ1v) is 5.69. The molecule has 0 saturated carbocycles. The second-order valence-corrected chi connectivity index (χ2v) is 4.44. The van der Waals surface area contributed by atoms with Crippen LogP contribution in [0.4, 0.5) is 5.69 Å². The van der Waals surface area contributed by atoms with Gasteiger partial charge >= 0.3 is 0 Å². The molecule has 1 fully saturated rings. The summed E-state index contributed by atoms with van der Waals surface area (Å²) >= 11 is 0. The van der Waals surface area contributed by atoms with Crippen LogP contribution in [0.5, 0.6) is 0 Å². The molecule has 16 heavy (non-hydrogen) atoms. The molecule has 2 atom stereocenters. The smallest absolute Gasteiger partial charge is 0.0853 e. The van der Waals surface area contributed by atoms with Crippen LogP contribution in [0, 0.1) is 5.92 Å². The predicted molar refractivity (Wildman–Crippen MR) is 62.2 cm³/mol. The molecule has 0 radical (unpaired) electrons. The van der Waals surface area contributed by atoms with E-state index in [1.165, 1.54) is 0 Å². The maximum absolute atomic E-state index is 9.83. The molecule has 88 valence electrons. The number of β-amino-alcohol motifs (C(OH)–C–C–N with tert-alkyl or cyclic N) is 1. The summed E-state index contributed by atoms with van der Waals surface area (Å²) in [5.74, 6) is 0.371. The van der Waals surface area contributed by atoms with Gasteiger partial charge in [0.2, 0.25) is 0 Å². The number of hydrogen-bond donors (Lipinski definition) is 2. The van der Waals surface area contributed by atoms with Crippen molar-refractivity contribution in [3.05, 3.63) is 24.0 Å². The molecule has 2 heterocycles. The lowest BCUT2D eigenvalue weighted by Crippen LogP contribution is -2.42. The number of aliphatic hydroxyl groups excluding tert-OH is 2. The number of aromatic nitrogens is 1. The number of nitrogens with zero attached hydrogens (tertiary/aromatic N) is 2. The maximum atomic E-state index is 9.83. The summed E-state index contributed by atoms with van der Waals surface area (Å²) in [6, 6.07) is 3.80. The van der Waals surface area contributed by atoms with Gasteiger partial charge in [0, 0.05) is 25.0 Å². The van der Waals surface area contributed by atoms with Crippen molar-refractivity contribution in [2.24, 2.45) is 5.92 Å². The van der Waals surface area contributed by atoms with E-state index < -0.39 is 0 Å². The van der Waals surface area contributed by atoms with E-state index in [9.17, 15) is 5.11 Å². The Morgan fingerprint density at radius 1 is 1.56 bits per heavy atom. The fourth-order valence-corrected chi connectivity index (χ4v) is 2.03. The fraction of sp³-hybridized carbons (Fsp3) is 0.583. The normalized spacial score (nSPS) is 25.8. The summed E-state index contributed by atoms with van der Waals surface area (Å²) in [5, 5.41) is 18.9. The second kappa shape index (κ2) is 4.80. The number of pyridine rings is 1. The first-order chi connectivity index (χ1) is 7.70. The van der Waals surface area contributed by atoms with E-state index >= 15 is 0 Å². The van der Waals surface area contributed by atoms with Gasteiger partial charge in [0.05, 0.1) is 18.4 Å².